The molecule has 3 rings (SSSR count). The van der Waals surface area contributed by atoms with Crippen molar-refractivity contribution in [2.45, 2.75) is 13.8 Å². The summed E-state index contributed by atoms with van der Waals surface area (Å²) in [7, 11) is 0. The van der Waals surface area contributed by atoms with Crippen molar-refractivity contribution in [1.82, 2.24) is 14.8 Å². The van der Waals surface area contributed by atoms with Gasteiger partial charge in [0.15, 0.2) is 0 Å². The Labute approximate surface area is 138 Å². The van der Waals surface area contributed by atoms with E-state index in [2.05, 4.69) is 15.5 Å². The lowest BCUT2D eigenvalue weighted by Crippen LogP contribution is -2.13. The number of anilines is 1. The van der Waals surface area contributed by atoms with Crippen molar-refractivity contribution in [2.24, 2.45) is 0 Å². The van der Waals surface area contributed by atoms with E-state index in [0.717, 1.165) is 22.5 Å². The number of carbonyl (C=O) groups excluding carboxylic acids is 1. The quantitative estimate of drug-likeness (QED) is 0.796. The number of rotatable bonds is 3. The summed E-state index contributed by atoms with van der Waals surface area (Å²) >= 11 is 6.26. The number of benzene rings is 2. The lowest BCUT2D eigenvalue weighted by atomic mass is 10.1. The molecule has 0 fully saturated rings. The van der Waals surface area contributed by atoms with Gasteiger partial charge in [0.1, 0.15) is 12.7 Å². The van der Waals surface area contributed by atoms with Gasteiger partial charge in [-0.25, -0.2) is 0 Å². The van der Waals surface area contributed by atoms with Crippen molar-refractivity contribution in [1.29, 1.82) is 0 Å². The summed E-state index contributed by atoms with van der Waals surface area (Å²) in [6.45, 7) is 3.93. The van der Waals surface area contributed by atoms with Crippen LogP contribution in [0.2, 0.25) is 5.02 Å². The van der Waals surface area contributed by atoms with Crippen LogP contribution in [-0.2, 0) is 0 Å². The zero-order valence-electron chi connectivity index (χ0n) is 12.7. The first-order valence-corrected chi connectivity index (χ1v) is 7.45. The summed E-state index contributed by atoms with van der Waals surface area (Å²) in [5.74, 6) is -0.237. The maximum absolute atomic E-state index is 12.5. The number of nitrogens with zero attached hydrogens (tertiary/aromatic N) is 3. The fourth-order valence-electron chi connectivity index (χ4n) is 2.24. The topological polar surface area (TPSA) is 59.8 Å². The summed E-state index contributed by atoms with van der Waals surface area (Å²) in [6, 6.07) is 11.1. The van der Waals surface area contributed by atoms with Gasteiger partial charge in [0.05, 0.1) is 10.6 Å². The molecule has 2 aromatic carbocycles. The SMILES string of the molecule is Cc1ccc(C)c(NC(=O)c2ccc(-n3cnnc3)cc2Cl)c1. The smallest absolute Gasteiger partial charge is 0.257 e. The molecule has 23 heavy (non-hydrogen) atoms. The van der Waals surface area contributed by atoms with Gasteiger partial charge in [-0.2, -0.15) is 0 Å². The fraction of sp³-hybridized carbons (Fsp3) is 0.118. The maximum Gasteiger partial charge on any atom is 0.257 e. The van der Waals surface area contributed by atoms with Crippen molar-refractivity contribution < 1.29 is 4.79 Å². The number of nitrogens with one attached hydrogen (secondary N) is 1. The second-order valence-electron chi connectivity index (χ2n) is 5.31. The zero-order valence-corrected chi connectivity index (χ0v) is 13.5. The Kier molecular flexibility index (Phi) is 4.12. The first-order valence-electron chi connectivity index (χ1n) is 7.08. The van der Waals surface area contributed by atoms with E-state index in [4.69, 9.17) is 11.6 Å². The van der Waals surface area contributed by atoms with E-state index in [0.29, 0.717) is 10.6 Å². The normalized spacial score (nSPS) is 10.6. The number of carbonyl (C=O) groups is 1. The van der Waals surface area contributed by atoms with Crippen LogP contribution in [-0.4, -0.2) is 20.7 Å². The molecule has 0 unspecified atom stereocenters. The van der Waals surface area contributed by atoms with Gasteiger partial charge in [-0.05, 0) is 49.2 Å². The van der Waals surface area contributed by atoms with E-state index in [9.17, 15) is 4.79 Å². The van der Waals surface area contributed by atoms with Crippen molar-refractivity contribution in [2.75, 3.05) is 5.32 Å². The van der Waals surface area contributed by atoms with Gasteiger partial charge in [0.25, 0.3) is 5.91 Å². The lowest BCUT2D eigenvalue weighted by Gasteiger charge is -2.11. The highest BCUT2D eigenvalue weighted by atomic mass is 35.5. The molecule has 1 N–H and O–H groups in total. The minimum Gasteiger partial charge on any atom is -0.322 e. The standard InChI is InChI=1S/C17H15ClN4O/c1-11-3-4-12(2)16(7-11)21-17(23)14-6-5-13(8-15(14)18)22-9-19-20-10-22/h3-10H,1-2H3,(H,21,23). The van der Waals surface area contributed by atoms with Gasteiger partial charge in [0, 0.05) is 11.4 Å². The van der Waals surface area contributed by atoms with Gasteiger partial charge in [0.2, 0.25) is 0 Å². The van der Waals surface area contributed by atoms with Gasteiger partial charge in [-0.1, -0.05) is 23.7 Å². The highest BCUT2D eigenvalue weighted by molar-refractivity contribution is 6.34. The molecule has 1 amide bonds. The largest absolute Gasteiger partial charge is 0.322 e. The highest BCUT2D eigenvalue weighted by Gasteiger charge is 2.13. The molecule has 1 heterocycles. The van der Waals surface area contributed by atoms with E-state index < -0.39 is 0 Å². The number of aryl methyl sites for hydroxylation is 2. The summed E-state index contributed by atoms with van der Waals surface area (Å²) in [5, 5.41) is 10.8. The zero-order chi connectivity index (χ0) is 16.4. The molecule has 6 heteroatoms. The molecule has 3 aromatic rings. The molecule has 0 saturated carbocycles. The summed E-state index contributed by atoms with van der Waals surface area (Å²) < 4.78 is 1.72. The van der Waals surface area contributed by atoms with E-state index in [1.807, 2.05) is 32.0 Å². The molecule has 0 aliphatic carbocycles. The van der Waals surface area contributed by atoms with Crippen LogP contribution in [0.1, 0.15) is 21.5 Å². The molecule has 5 nitrogen and oxygen atoms in total. The number of amides is 1. The second kappa shape index (κ2) is 6.22. The van der Waals surface area contributed by atoms with Gasteiger partial charge in [-0.3, -0.25) is 9.36 Å². The molecule has 0 bridgehead atoms. The van der Waals surface area contributed by atoms with Crippen LogP contribution >= 0.6 is 11.6 Å². The predicted octanol–water partition coefficient (Wildman–Crippen LogP) is 3.79. The van der Waals surface area contributed by atoms with Gasteiger partial charge in [-0.15, -0.1) is 10.2 Å². The number of halogens is 1. The van der Waals surface area contributed by atoms with E-state index >= 15 is 0 Å². The Bertz CT molecular complexity index is 859. The minimum absolute atomic E-state index is 0.237. The van der Waals surface area contributed by atoms with Crippen molar-refractivity contribution in [3.05, 3.63) is 70.8 Å². The molecule has 0 spiro atoms. The second-order valence-corrected chi connectivity index (χ2v) is 5.71. The molecule has 0 aliphatic heterocycles. The highest BCUT2D eigenvalue weighted by Crippen LogP contribution is 2.23. The summed E-state index contributed by atoms with van der Waals surface area (Å²) in [4.78, 5) is 12.5. The molecule has 0 aliphatic rings. The lowest BCUT2D eigenvalue weighted by molar-refractivity contribution is 0.102. The molecule has 116 valence electrons. The van der Waals surface area contributed by atoms with E-state index in [1.54, 1.807) is 35.4 Å². The monoisotopic (exact) mass is 326 g/mol. The van der Waals surface area contributed by atoms with Crippen LogP contribution in [0, 0.1) is 13.8 Å². The van der Waals surface area contributed by atoms with Crippen LogP contribution in [0.4, 0.5) is 5.69 Å². The third-order valence-electron chi connectivity index (χ3n) is 3.56. The Morgan fingerprint density at radius 3 is 2.52 bits per heavy atom. The first-order chi connectivity index (χ1) is 11.0. The number of hydrogen-bond acceptors (Lipinski definition) is 3. The summed E-state index contributed by atoms with van der Waals surface area (Å²) in [5.41, 5.74) is 4.09. The van der Waals surface area contributed by atoms with Gasteiger partial charge >= 0.3 is 0 Å². The minimum atomic E-state index is -0.237. The Hall–Kier alpha value is -2.66. The molecule has 1 aromatic heterocycles. The predicted molar refractivity (Wildman–Crippen MR) is 90.2 cm³/mol. The third-order valence-corrected chi connectivity index (χ3v) is 3.87. The Morgan fingerprint density at radius 2 is 1.83 bits per heavy atom. The molecular weight excluding hydrogens is 312 g/mol. The third kappa shape index (κ3) is 3.24. The van der Waals surface area contributed by atoms with Crippen LogP contribution in [0.15, 0.2) is 49.1 Å². The molecule has 0 saturated heterocycles. The molecule has 0 atom stereocenters. The van der Waals surface area contributed by atoms with Crippen LogP contribution in [0.25, 0.3) is 5.69 Å². The van der Waals surface area contributed by atoms with E-state index in [-0.39, 0.29) is 5.91 Å². The number of hydrogen-bond donors (Lipinski definition) is 1. The maximum atomic E-state index is 12.5. The van der Waals surface area contributed by atoms with Crippen molar-refractivity contribution >= 4 is 23.2 Å². The molecule has 0 radical (unpaired) electrons. The van der Waals surface area contributed by atoms with E-state index in [1.165, 1.54) is 0 Å². The van der Waals surface area contributed by atoms with Crippen LogP contribution < -0.4 is 5.32 Å². The molecular formula is C17H15ClN4O. The Morgan fingerprint density at radius 1 is 1.09 bits per heavy atom. The summed E-state index contributed by atoms with van der Waals surface area (Å²) in [6.07, 6.45) is 3.14. The van der Waals surface area contributed by atoms with Crippen molar-refractivity contribution in [3.8, 4) is 5.69 Å². The average molecular weight is 327 g/mol. The number of aromatic nitrogens is 3. The van der Waals surface area contributed by atoms with Crippen LogP contribution in [0.5, 0.6) is 0 Å². The van der Waals surface area contributed by atoms with Gasteiger partial charge < -0.3 is 5.32 Å². The fourth-order valence-corrected chi connectivity index (χ4v) is 2.50. The van der Waals surface area contributed by atoms with Crippen molar-refractivity contribution in [3.63, 3.8) is 0 Å². The van der Waals surface area contributed by atoms with Crippen LogP contribution in [0.3, 0.4) is 0 Å². The first kappa shape index (κ1) is 15.2. The average Bonchev–Trinajstić information content (AvgIpc) is 3.05. The Balaban J connectivity index is 1.86.